The molecule has 1 fully saturated rings. The lowest BCUT2D eigenvalue weighted by Crippen LogP contribution is -2.25. The molecule has 0 saturated carbocycles. The van der Waals surface area contributed by atoms with Crippen molar-refractivity contribution in [2.45, 2.75) is 25.2 Å². The minimum absolute atomic E-state index is 0.407. The Balaban J connectivity index is 1.66. The molecule has 3 rings (SSSR count). The maximum Gasteiger partial charge on any atom is 0.311 e. The highest BCUT2D eigenvalue weighted by Gasteiger charge is 2.21. The van der Waals surface area contributed by atoms with E-state index in [-0.39, 0.29) is 0 Å². The first-order valence-electron chi connectivity index (χ1n) is 9.47. The Kier molecular flexibility index (Phi) is 6.71. The van der Waals surface area contributed by atoms with Gasteiger partial charge in [0.05, 0.1) is 13.0 Å². The maximum absolute atomic E-state index is 11.7. The largest absolute Gasteiger partial charge is 0.493 e. The zero-order valence-corrected chi connectivity index (χ0v) is 15.8. The van der Waals surface area contributed by atoms with Gasteiger partial charge in [-0.3, -0.25) is 9.69 Å². The van der Waals surface area contributed by atoms with E-state index in [9.17, 15) is 9.90 Å². The normalized spacial score (nSPS) is 15.4. The molecule has 0 amide bonds. The number of aliphatic carboxylic acids is 1. The maximum atomic E-state index is 11.7. The van der Waals surface area contributed by atoms with E-state index < -0.39 is 11.9 Å². The molecule has 1 heterocycles. The van der Waals surface area contributed by atoms with Crippen LogP contribution in [0.4, 0.5) is 0 Å². The number of likely N-dealkylation sites (tertiary alicyclic amines) is 1. The van der Waals surface area contributed by atoms with Crippen molar-refractivity contribution in [1.29, 1.82) is 0 Å². The van der Waals surface area contributed by atoms with Crippen molar-refractivity contribution in [3.05, 3.63) is 59.7 Å². The summed E-state index contributed by atoms with van der Waals surface area (Å²) >= 11 is 0. The molecule has 0 radical (unpaired) electrons. The van der Waals surface area contributed by atoms with Crippen molar-refractivity contribution in [3.8, 4) is 11.5 Å². The van der Waals surface area contributed by atoms with E-state index in [1.165, 1.54) is 12.8 Å². The SMILES string of the molecule is COc1cc(CC(C(=O)O)c2ccccc2)ccc1OCCN1CCCC1. The van der Waals surface area contributed by atoms with Crippen molar-refractivity contribution in [2.24, 2.45) is 0 Å². The predicted octanol–water partition coefficient (Wildman–Crippen LogP) is 3.58. The molecular weight excluding hydrogens is 342 g/mol. The number of nitrogens with zero attached hydrogens (tertiary/aromatic N) is 1. The van der Waals surface area contributed by atoms with Crippen LogP contribution in [0, 0.1) is 0 Å². The monoisotopic (exact) mass is 369 g/mol. The van der Waals surface area contributed by atoms with Crippen LogP contribution in [0.15, 0.2) is 48.5 Å². The number of methoxy groups -OCH3 is 1. The van der Waals surface area contributed by atoms with E-state index in [0.29, 0.717) is 24.5 Å². The number of carbonyl (C=O) groups is 1. The lowest BCUT2D eigenvalue weighted by atomic mass is 9.92. The fourth-order valence-electron chi connectivity index (χ4n) is 3.52. The van der Waals surface area contributed by atoms with E-state index in [2.05, 4.69) is 4.90 Å². The molecule has 1 saturated heterocycles. The van der Waals surface area contributed by atoms with Gasteiger partial charge in [0.25, 0.3) is 0 Å². The fourth-order valence-corrected chi connectivity index (χ4v) is 3.52. The summed E-state index contributed by atoms with van der Waals surface area (Å²) in [5.74, 6) is -0.0675. The Hall–Kier alpha value is -2.53. The second-order valence-corrected chi connectivity index (χ2v) is 6.89. The number of rotatable bonds is 9. The Labute approximate surface area is 160 Å². The van der Waals surface area contributed by atoms with Gasteiger partial charge < -0.3 is 14.6 Å². The van der Waals surface area contributed by atoms with Crippen LogP contribution in [-0.4, -0.2) is 49.3 Å². The lowest BCUT2D eigenvalue weighted by Gasteiger charge is -2.17. The molecule has 1 aliphatic heterocycles. The van der Waals surface area contributed by atoms with Crippen molar-refractivity contribution < 1.29 is 19.4 Å². The summed E-state index contributed by atoms with van der Waals surface area (Å²) in [7, 11) is 1.61. The van der Waals surface area contributed by atoms with Gasteiger partial charge in [-0.05, 0) is 55.6 Å². The number of hydrogen-bond donors (Lipinski definition) is 1. The summed E-state index contributed by atoms with van der Waals surface area (Å²) in [6.07, 6.45) is 2.94. The molecule has 0 aliphatic carbocycles. The van der Waals surface area contributed by atoms with Crippen LogP contribution >= 0.6 is 0 Å². The molecule has 2 aromatic carbocycles. The summed E-state index contributed by atoms with van der Waals surface area (Å²) in [5, 5.41) is 9.63. The van der Waals surface area contributed by atoms with Gasteiger partial charge in [0.15, 0.2) is 11.5 Å². The molecular formula is C22H27NO4. The molecule has 1 N–H and O–H groups in total. The van der Waals surface area contributed by atoms with Crippen LogP contribution in [0.3, 0.4) is 0 Å². The predicted molar refractivity (Wildman–Crippen MR) is 105 cm³/mol. The molecule has 5 nitrogen and oxygen atoms in total. The third-order valence-corrected chi connectivity index (χ3v) is 5.03. The number of carboxylic acid groups (broad SMARTS) is 1. The zero-order chi connectivity index (χ0) is 19.1. The summed E-state index contributed by atoms with van der Waals surface area (Å²) in [4.78, 5) is 14.1. The van der Waals surface area contributed by atoms with Crippen molar-refractivity contribution >= 4 is 5.97 Å². The third kappa shape index (κ3) is 5.23. The van der Waals surface area contributed by atoms with Gasteiger partial charge in [0.2, 0.25) is 0 Å². The smallest absolute Gasteiger partial charge is 0.311 e. The van der Waals surface area contributed by atoms with Crippen LogP contribution in [0.25, 0.3) is 0 Å². The quantitative estimate of drug-likeness (QED) is 0.732. The average Bonchev–Trinajstić information content (AvgIpc) is 3.20. The highest BCUT2D eigenvalue weighted by molar-refractivity contribution is 5.76. The minimum atomic E-state index is -0.828. The highest BCUT2D eigenvalue weighted by Crippen LogP contribution is 2.30. The Bertz CT molecular complexity index is 741. The van der Waals surface area contributed by atoms with E-state index in [0.717, 1.165) is 30.8 Å². The number of ether oxygens (including phenoxy) is 2. The highest BCUT2D eigenvalue weighted by atomic mass is 16.5. The van der Waals surface area contributed by atoms with Crippen molar-refractivity contribution in [3.63, 3.8) is 0 Å². The van der Waals surface area contributed by atoms with Gasteiger partial charge in [-0.2, -0.15) is 0 Å². The zero-order valence-electron chi connectivity index (χ0n) is 15.8. The molecule has 1 unspecified atom stereocenters. The van der Waals surface area contributed by atoms with Crippen LogP contribution < -0.4 is 9.47 Å². The molecule has 0 bridgehead atoms. The standard InChI is InChI=1S/C22H27NO4/c1-26-21-16-17(15-19(22(24)25)18-7-3-2-4-8-18)9-10-20(21)27-14-13-23-11-5-6-12-23/h2-4,7-10,16,19H,5-6,11-15H2,1H3,(H,24,25). The first kappa shape index (κ1) is 19.2. The van der Waals surface area contributed by atoms with Gasteiger partial charge in [0, 0.05) is 6.54 Å². The van der Waals surface area contributed by atoms with Gasteiger partial charge in [-0.15, -0.1) is 0 Å². The van der Waals surface area contributed by atoms with Crippen LogP contribution in [0.1, 0.15) is 29.9 Å². The topological polar surface area (TPSA) is 59.0 Å². The van der Waals surface area contributed by atoms with Crippen LogP contribution in [-0.2, 0) is 11.2 Å². The minimum Gasteiger partial charge on any atom is -0.493 e. The molecule has 1 aliphatic rings. The molecule has 27 heavy (non-hydrogen) atoms. The third-order valence-electron chi connectivity index (χ3n) is 5.03. The number of hydrogen-bond acceptors (Lipinski definition) is 4. The molecule has 5 heteroatoms. The summed E-state index contributed by atoms with van der Waals surface area (Å²) in [6, 6.07) is 15.0. The lowest BCUT2D eigenvalue weighted by molar-refractivity contribution is -0.138. The summed E-state index contributed by atoms with van der Waals surface area (Å²) in [6.45, 7) is 3.84. The average molecular weight is 369 g/mol. The number of benzene rings is 2. The van der Waals surface area contributed by atoms with Gasteiger partial charge in [-0.25, -0.2) is 0 Å². The summed E-state index contributed by atoms with van der Waals surface area (Å²) in [5.41, 5.74) is 1.71. The van der Waals surface area contributed by atoms with Crippen molar-refractivity contribution in [1.82, 2.24) is 4.90 Å². The second kappa shape index (κ2) is 9.42. The van der Waals surface area contributed by atoms with E-state index in [1.54, 1.807) is 7.11 Å². The van der Waals surface area contributed by atoms with Gasteiger partial charge in [0.1, 0.15) is 6.61 Å². The van der Waals surface area contributed by atoms with Crippen molar-refractivity contribution in [2.75, 3.05) is 33.4 Å². The fraction of sp³-hybridized carbons (Fsp3) is 0.409. The number of carboxylic acids is 1. The Morgan fingerprint density at radius 1 is 1.11 bits per heavy atom. The Morgan fingerprint density at radius 3 is 2.52 bits per heavy atom. The molecule has 1 atom stereocenters. The summed E-state index contributed by atoms with van der Waals surface area (Å²) < 4.78 is 11.4. The van der Waals surface area contributed by atoms with E-state index in [4.69, 9.17) is 9.47 Å². The first-order valence-corrected chi connectivity index (χ1v) is 9.47. The molecule has 2 aromatic rings. The van der Waals surface area contributed by atoms with Crippen LogP contribution in [0.5, 0.6) is 11.5 Å². The van der Waals surface area contributed by atoms with Gasteiger partial charge >= 0.3 is 5.97 Å². The molecule has 0 spiro atoms. The second-order valence-electron chi connectivity index (χ2n) is 6.89. The first-order chi connectivity index (χ1) is 13.2. The molecule has 0 aromatic heterocycles. The van der Waals surface area contributed by atoms with Crippen LogP contribution in [0.2, 0.25) is 0 Å². The van der Waals surface area contributed by atoms with E-state index >= 15 is 0 Å². The van der Waals surface area contributed by atoms with Gasteiger partial charge in [-0.1, -0.05) is 36.4 Å². The molecule has 144 valence electrons. The Morgan fingerprint density at radius 2 is 1.85 bits per heavy atom. The van der Waals surface area contributed by atoms with E-state index in [1.807, 2.05) is 48.5 Å².